The molecule has 168 valence electrons. The van der Waals surface area contributed by atoms with Crippen molar-refractivity contribution in [2.24, 2.45) is 5.41 Å². The first kappa shape index (κ1) is 24.4. The molecular formula is C21H30O9. The molecule has 0 saturated carbocycles. The summed E-state index contributed by atoms with van der Waals surface area (Å²) in [7, 11) is 0. The van der Waals surface area contributed by atoms with Crippen molar-refractivity contribution in [2.45, 2.75) is 70.4 Å². The van der Waals surface area contributed by atoms with E-state index in [2.05, 4.69) is 0 Å². The minimum absolute atomic E-state index is 0.0639. The Morgan fingerprint density at radius 1 is 1.27 bits per heavy atom. The van der Waals surface area contributed by atoms with Gasteiger partial charge in [-0.1, -0.05) is 19.9 Å². The summed E-state index contributed by atoms with van der Waals surface area (Å²) in [5.74, 6) is -0.954. The van der Waals surface area contributed by atoms with Gasteiger partial charge in [-0.3, -0.25) is 4.79 Å². The van der Waals surface area contributed by atoms with Gasteiger partial charge in [-0.15, -0.1) is 0 Å². The highest BCUT2D eigenvalue weighted by molar-refractivity contribution is 5.92. The summed E-state index contributed by atoms with van der Waals surface area (Å²) in [6, 6.07) is 0. The minimum atomic E-state index is -1.69. The van der Waals surface area contributed by atoms with Crippen LogP contribution in [0.4, 0.5) is 0 Å². The van der Waals surface area contributed by atoms with E-state index >= 15 is 0 Å². The molecule has 2 aliphatic rings. The number of aliphatic hydroxyl groups excluding tert-OH is 4. The Morgan fingerprint density at radius 3 is 2.47 bits per heavy atom. The van der Waals surface area contributed by atoms with E-state index in [1.165, 1.54) is 18.2 Å². The highest BCUT2D eigenvalue weighted by atomic mass is 16.7. The number of esters is 1. The van der Waals surface area contributed by atoms with Crippen molar-refractivity contribution in [1.29, 1.82) is 0 Å². The second-order valence-electron chi connectivity index (χ2n) is 8.48. The molecule has 9 nitrogen and oxygen atoms in total. The van der Waals surface area contributed by atoms with Crippen LogP contribution in [-0.2, 0) is 19.1 Å². The molecule has 0 aromatic heterocycles. The lowest BCUT2D eigenvalue weighted by Crippen LogP contribution is -2.59. The lowest BCUT2D eigenvalue weighted by atomic mass is 9.64. The van der Waals surface area contributed by atoms with Crippen LogP contribution in [0.1, 0.15) is 34.1 Å². The third kappa shape index (κ3) is 4.88. The molecule has 0 unspecified atom stereocenters. The maximum Gasteiger partial charge on any atom is 0.333 e. The first-order chi connectivity index (χ1) is 13.8. The second-order valence-corrected chi connectivity index (χ2v) is 8.48. The topological polar surface area (TPSA) is 154 Å². The fourth-order valence-electron chi connectivity index (χ4n) is 3.66. The Labute approximate surface area is 174 Å². The van der Waals surface area contributed by atoms with Gasteiger partial charge in [0.15, 0.2) is 5.78 Å². The molecule has 0 amide bonds. The Hall–Kier alpha value is -1.88. The molecule has 0 spiro atoms. The van der Waals surface area contributed by atoms with Gasteiger partial charge in [-0.25, -0.2) is 4.79 Å². The molecule has 9 heteroatoms. The van der Waals surface area contributed by atoms with Crippen molar-refractivity contribution in [1.82, 2.24) is 0 Å². The number of ketones is 1. The summed E-state index contributed by atoms with van der Waals surface area (Å²) in [5, 5.41) is 49.7. The molecule has 2 rings (SSSR count). The average Bonchev–Trinajstić information content (AvgIpc) is 2.64. The highest BCUT2D eigenvalue weighted by Gasteiger charge is 2.47. The predicted octanol–water partition coefficient (Wildman–Crippen LogP) is -0.492. The monoisotopic (exact) mass is 426 g/mol. The molecule has 1 heterocycles. The van der Waals surface area contributed by atoms with E-state index < -0.39 is 54.3 Å². The van der Waals surface area contributed by atoms with E-state index in [1.54, 1.807) is 27.7 Å². The van der Waals surface area contributed by atoms with Crippen LogP contribution in [0.25, 0.3) is 0 Å². The summed E-state index contributed by atoms with van der Waals surface area (Å²) in [6.45, 7) is 6.17. The lowest BCUT2D eigenvalue weighted by molar-refractivity contribution is -0.291. The molecule has 0 bridgehead atoms. The molecule has 1 saturated heterocycles. The third-order valence-corrected chi connectivity index (χ3v) is 5.64. The van der Waals surface area contributed by atoms with E-state index in [0.717, 1.165) is 6.08 Å². The van der Waals surface area contributed by atoms with E-state index in [1.807, 2.05) is 0 Å². The van der Waals surface area contributed by atoms with E-state index in [4.69, 9.17) is 9.47 Å². The molecule has 6 atom stereocenters. The van der Waals surface area contributed by atoms with Crippen LogP contribution in [0.5, 0.6) is 0 Å². The van der Waals surface area contributed by atoms with Gasteiger partial charge >= 0.3 is 5.97 Å². The zero-order valence-corrected chi connectivity index (χ0v) is 17.5. The van der Waals surface area contributed by atoms with Crippen LogP contribution in [0.2, 0.25) is 0 Å². The van der Waals surface area contributed by atoms with Gasteiger partial charge in [0.2, 0.25) is 6.29 Å². The lowest BCUT2D eigenvalue weighted by Gasteiger charge is -2.44. The van der Waals surface area contributed by atoms with Crippen LogP contribution < -0.4 is 0 Å². The SMILES string of the molecule is CC1=CC(=O)CC(C)(C)[C@@]1(O)/C=C/C(C)=C/C(=O)O[C@@H]1O[C@H](CO)[C@@H](O)[C@H](O)[C@H]1O. The van der Waals surface area contributed by atoms with Gasteiger partial charge in [0.25, 0.3) is 0 Å². The molecule has 5 N–H and O–H groups in total. The number of allylic oxidation sites excluding steroid dienone is 3. The normalized spacial score (nSPS) is 37.2. The Kier molecular flexibility index (Phi) is 7.39. The third-order valence-electron chi connectivity index (χ3n) is 5.64. The van der Waals surface area contributed by atoms with Gasteiger partial charge in [0, 0.05) is 17.9 Å². The Morgan fingerprint density at radius 2 is 1.90 bits per heavy atom. The molecule has 1 fully saturated rings. The van der Waals surface area contributed by atoms with Crippen LogP contribution >= 0.6 is 0 Å². The van der Waals surface area contributed by atoms with E-state index in [-0.39, 0.29) is 12.2 Å². The highest BCUT2D eigenvalue weighted by Crippen LogP contribution is 2.44. The van der Waals surface area contributed by atoms with E-state index in [9.17, 15) is 35.1 Å². The molecule has 30 heavy (non-hydrogen) atoms. The molecular weight excluding hydrogens is 396 g/mol. The standard InChI is InChI=1S/C21H30O9/c1-11(5-6-21(28)12(2)8-13(23)9-20(21,3)4)7-15(24)30-19-18(27)17(26)16(25)14(10-22)29-19/h5-8,14,16-19,22,25-28H,9-10H2,1-4H3/b6-5+,11-7+/t14-,16-,17+,18-,19+,21-/m1/s1. The first-order valence-corrected chi connectivity index (χ1v) is 9.65. The number of hydrogen-bond acceptors (Lipinski definition) is 9. The van der Waals surface area contributed by atoms with Crippen LogP contribution in [0.3, 0.4) is 0 Å². The number of carbonyl (C=O) groups is 2. The van der Waals surface area contributed by atoms with Gasteiger partial charge in [0.05, 0.1) is 6.61 Å². The molecule has 0 radical (unpaired) electrons. The summed E-state index contributed by atoms with van der Waals surface area (Å²) in [4.78, 5) is 24.0. The fraction of sp³-hybridized carbons (Fsp3) is 0.619. The van der Waals surface area contributed by atoms with Crippen molar-refractivity contribution < 1.29 is 44.6 Å². The maximum absolute atomic E-state index is 12.2. The summed E-state index contributed by atoms with van der Waals surface area (Å²) in [5.41, 5.74) is -1.21. The number of hydrogen-bond donors (Lipinski definition) is 5. The van der Waals surface area contributed by atoms with Crippen molar-refractivity contribution >= 4 is 11.8 Å². The zero-order valence-electron chi connectivity index (χ0n) is 17.5. The van der Waals surface area contributed by atoms with Gasteiger partial charge in [-0.05, 0) is 37.1 Å². The van der Waals surface area contributed by atoms with Crippen LogP contribution in [0, 0.1) is 5.41 Å². The maximum atomic E-state index is 12.2. The summed E-state index contributed by atoms with van der Waals surface area (Å²) >= 11 is 0. The van der Waals surface area contributed by atoms with Crippen molar-refractivity contribution in [3.8, 4) is 0 Å². The minimum Gasteiger partial charge on any atom is -0.430 e. The summed E-state index contributed by atoms with van der Waals surface area (Å²) in [6.07, 6.45) is -1.95. The Bertz CT molecular complexity index is 764. The fourth-order valence-corrected chi connectivity index (χ4v) is 3.66. The smallest absolute Gasteiger partial charge is 0.333 e. The van der Waals surface area contributed by atoms with Crippen molar-refractivity contribution in [2.75, 3.05) is 6.61 Å². The zero-order chi connectivity index (χ0) is 22.9. The second kappa shape index (κ2) is 9.09. The quantitative estimate of drug-likeness (QED) is 0.222. The van der Waals surface area contributed by atoms with Gasteiger partial charge < -0.3 is 35.0 Å². The van der Waals surface area contributed by atoms with Crippen molar-refractivity contribution in [3.63, 3.8) is 0 Å². The van der Waals surface area contributed by atoms with Crippen LogP contribution in [0.15, 0.2) is 35.5 Å². The molecule has 1 aliphatic heterocycles. The summed E-state index contributed by atoms with van der Waals surface area (Å²) < 4.78 is 10.1. The van der Waals surface area contributed by atoms with Crippen molar-refractivity contribution in [3.05, 3.63) is 35.5 Å². The molecule has 1 aliphatic carbocycles. The number of aliphatic hydroxyl groups is 5. The number of carbonyl (C=O) groups excluding carboxylic acids is 2. The average molecular weight is 426 g/mol. The predicted molar refractivity (Wildman–Crippen MR) is 105 cm³/mol. The largest absolute Gasteiger partial charge is 0.430 e. The first-order valence-electron chi connectivity index (χ1n) is 9.65. The molecule has 0 aromatic carbocycles. The number of rotatable bonds is 5. The molecule has 0 aromatic rings. The van der Waals surface area contributed by atoms with Gasteiger partial charge in [-0.2, -0.15) is 0 Å². The Balaban J connectivity index is 2.11. The van der Waals surface area contributed by atoms with E-state index in [0.29, 0.717) is 11.1 Å². The number of ether oxygens (including phenoxy) is 2. The van der Waals surface area contributed by atoms with Gasteiger partial charge in [0.1, 0.15) is 30.0 Å². The van der Waals surface area contributed by atoms with Crippen LogP contribution in [-0.4, -0.2) is 80.2 Å².